The molecule has 0 aliphatic carbocycles. The number of anilines is 1. The van der Waals surface area contributed by atoms with E-state index in [1.54, 1.807) is 25.1 Å². The maximum atomic E-state index is 12.9. The summed E-state index contributed by atoms with van der Waals surface area (Å²) in [6.45, 7) is 2.26. The molecule has 8 nitrogen and oxygen atoms in total. The number of hydrogen-bond acceptors (Lipinski definition) is 7. The second kappa shape index (κ2) is 7.68. The van der Waals surface area contributed by atoms with Crippen LogP contribution in [0.25, 0.3) is 11.4 Å². The summed E-state index contributed by atoms with van der Waals surface area (Å²) in [5.74, 6) is 1.16. The average molecular weight is 357 g/mol. The molecule has 0 spiro atoms. The fraction of sp³-hybridized carbons (Fsp3) is 0.235. The summed E-state index contributed by atoms with van der Waals surface area (Å²) >= 11 is 0. The molecule has 0 aliphatic rings. The number of aryl methyl sites for hydroxylation is 2. The van der Waals surface area contributed by atoms with Crippen LogP contribution in [0.3, 0.4) is 0 Å². The maximum Gasteiger partial charge on any atom is 0.290 e. The number of benzene rings is 1. The Balaban J connectivity index is 1.50. The van der Waals surface area contributed by atoms with Gasteiger partial charge in [0.15, 0.2) is 0 Å². The van der Waals surface area contributed by atoms with Gasteiger partial charge < -0.3 is 9.84 Å². The molecule has 0 atom stereocenters. The van der Waals surface area contributed by atoms with Gasteiger partial charge >= 0.3 is 0 Å². The molecule has 9 heteroatoms. The van der Waals surface area contributed by atoms with Gasteiger partial charge in [0.1, 0.15) is 17.8 Å². The van der Waals surface area contributed by atoms with Gasteiger partial charge in [-0.2, -0.15) is 4.98 Å². The zero-order valence-electron chi connectivity index (χ0n) is 14.0. The smallest absolute Gasteiger partial charge is 0.290 e. The lowest BCUT2D eigenvalue weighted by molar-refractivity contribution is -0.385. The van der Waals surface area contributed by atoms with Crippen molar-refractivity contribution in [2.24, 2.45) is 0 Å². The van der Waals surface area contributed by atoms with E-state index < -0.39 is 4.92 Å². The molecule has 26 heavy (non-hydrogen) atoms. The number of rotatable bonds is 7. The molecular formula is C17H16FN5O3. The molecule has 0 bridgehead atoms. The quantitative estimate of drug-likeness (QED) is 0.391. The van der Waals surface area contributed by atoms with Crippen LogP contribution in [0.4, 0.5) is 15.9 Å². The van der Waals surface area contributed by atoms with E-state index in [1.807, 2.05) is 0 Å². The van der Waals surface area contributed by atoms with Gasteiger partial charge in [-0.1, -0.05) is 5.16 Å². The standard InChI is InChI=1S/C17H16FN5O3/c1-11-9-15(20-10-14(11)23(24)25)19-8-2-3-16-21-17(22-26-16)12-4-6-13(18)7-5-12/h4-7,9-10H,2-3,8H2,1H3,(H,19,20). The predicted octanol–water partition coefficient (Wildman–Crippen LogP) is 3.53. The number of nitrogens with zero attached hydrogens (tertiary/aromatic N) is 4. The monoisotopic (exact) mass is 357 g/mol. The van der Waals surface area contributed by atoms with Gasteiger partial charge in [0, 0.05) is 24.1 Å². The number of halogens is 1. The third-order valence-electron chi connectivity index (χ3n) is 3.72. The van der Waals surface area contributed by atoms with Crippen LogP contribution in [0.5, 0.6) is 0 Å². The molecule has 1 aromatic carbocycles. The van der Waals surface area contributed by atoms with Crippen LogP contribution < -0.4 is 5.32 Å². The second-order valence-corrected chi connectivity index (χ2v) is 5.66. The van der Waals surface area contributed by atoms with Crippen LogP contribution >= 0.6 is 0 Å². The molecule has 0 aliphatic heterocycles. The van der Waals surface area contributed by atoms with E-state index in [-0.39, 0.29) is 11.5 Å². The highest BCUT2D eigenvalue weighted by Gasteiger charge is 2.11. The number of nitrogens with one attached hydrogen (secondary N) is 1. The van der Waals surface area contributed by atoms with Gasteiger partial charge in [-0.05, 0) is 43.7 Å². The van der Waals surface area contributed by atoms with Crippen LogP contribution in [0.2, 0.25) is 0 Å². The molecule has 3 aromatic rings. The minimum atomic E-state index is -0.458. The Labute approximate surface area is 148 Å². The minimum Gasteiger partial charge on any atom is -0.370 e. The van der Waals surface area contributed by atoms with Crippen molar-refractivity contribution in [3.63, 3.8) is 0 Å². The summed E-state index contributed by atoms with van der Waals surface area (Å²) in [6.07, 6.45) is 2.51. The van der Waals surface area contributed by atoms with E-state index in [9.17, 15) is 14.5 Å². The van der Waals surface area contributed by atoms with Crippen molar-refractivity contribution in [2.75, 3.05) is 11.9 Å². The predicted molar refractivity (Wildman–Crippen MR) is 92.1 cm³/mol. The first-order chi connectivity index (χ1) is 12.5. The number of pyridine rings is 1. The van der Waals surface area contributed by atoms with Crippen molar-refractivity contribution in [1.29, 1.82) is 0 Å². The van der Waals surface area contributed by atoms with Crippen LogP contribution in [0, 0.1) is 22.9 Å². The van der Waals surface area contributed by atoms with Crippen molar-refractivity contribution in [2.45, 2.75) is 19.8 Å². The van der Waals surface area contributed by atoms with Crippen LogP contribution in [0.1, 0.15) is 17.9 Å². The molecule has 2 heterocycles. The zero-order chi connectivity index (χ0) is 18.5. The molecule has 134 valence electrons. The Kier molecular flexibility index (Phi) is 5.16. The van der Waals surface area contributed by atoms with Crippen molar-refractivity contribution >= 4 is 11.5 Å². The fourth-order valence-electron chi connectivity index (χ4n) is 2.37. The van der Waals surface area contributed by atoms with E-state index in [0.717, 1.165) is 0 Å². The third kappa shape index (κ3) is 4.18. The highest BCUT2D eigenvalue weighted by molar-refractivity contribution is 5.53. The summed E-state index contributed by atoms with van der Waals surface area (Å²) in [5.41, 5.74) is 1.23. The average Bonchev–Trinajstić information content (AvgIpc) is 3.08. The molecule has 2 aromatic heterocycles. The molecule has 0 unspecified atom stereocenters. The van der Waals surface area contributed by atoms with E-state index in [0.29, 0.717) is 48.0 Å². The topological polar surface area (TPSA) is 107 Å². The second-order valence-electron chi connectivity index (χ2n) is 5.66. The summed E-state index contributed by atoms with van der Waals surface area (Å²) in [5, 5.41) is 17.8. The van der Waals surface area contributed by atoms with Gasteiger partial charge in [-0.3, -0.25) is 10.1 Å². The largest absolute Gasteiger partial charge is 0.370 e. The van der Waals surface area contributed by atoms with Gasteiger partial charge in [0.25, 0.3) is 5.69 Å². The number of nitro groups is 1. The van der Waals surface area contributed by atoms with E-state index in [2.05, 4.69) is 20.4 Å². The molecule has 1 N–H and O–H groups in total. The lowest BCUT2D eigenvalue weighted by Gasteiger charge is -2.05. The van der Waals surface area contributed by atoms with Crippen molar-refractivity contribution in [3.8, 4) is 11.4 Å². The summed E-state index contributed by atoms with van der Waals surface area (Å²) in [4.78, 5) is 18.6. The van der Waals surface area contributed by atoms with E-state index in [4.69, 9.17) is 4.52 Å². The molecular weight excluding hydrogens is 341 g/mol. The molecule has 0 fully saturated rings. The lowest BCUT2D eigenvalue weighted by Crippen LogP contribution is -2.05. The minimum absolute atomic E-state index is 0.00488. The van der Waals surface area contributed by atoms with Crippen molar-refractivity contribution in [3.05, 3.63) is 63.9 Å². The third-order valence-corrected chi connectivity index (χ3v) is 3.72. The lowest BCUT2D eigenvalue weighted by atomic mass is 10.2. The van der Waals surface area contributed by atoms with Crippen LogP contribution in [0.15, 0.2) is 41.1 Å². The molecule has 0 amide bonds. The van der Waals surface area contributed by atoms with Gasteiger partial charge in [-0.25, -0.2) is 9.37 Å². The summed E-state index contributed by atoms with van der Waals surface area (Å²) in [7, 11) is 0. The number of aromatic nitrogens is 3. The SMILES string of the molecule is Cc1cc(NCCCc2nc(-c3ccc(F)cc3)no2)ncc1[N+](=O)[O-]. The Bertz CT molecular complexity index is 911. The van der Waals surface area contributed by atoms with E-state index in [1.165, 1.54) is 18.3 Å². The first kappa shape index (κ1) is 17.5. The van der Waals surface area contributed by atoms with E-state index >= 15 is 0 Å². The highest BCUT2D eigenvalue weighted by Crippen LogP contribution is 2.19. The summed E-state index contributed by atoms with van der Waals surface area (Å²) < 4.78 is 18.1. The Hall–Kier alpha value is -3.36. The molecule has 0 radical (unpaired) electrons. The first-order valence-corrected chi connectivity index (χ1v) is 7.96. The van der Waals surface area contributed by atoms with Crippen molar-refractivity contribution in [1.82, 2.24) is 15.1 Å². The fourth-order valence-corrected chi connectivity index (χ4v) is 2.37. The normalized spacial score (nSPS) is 10.7. The Morgan fingerprint density at radius 2 is 2.08 bits per heavy atom. The zero-order valence-corrected chi connectivity index (χ0v) is 14.0. The molecule has 3 rings (SSSR count). The van der Waals surface area contributed by atoms with Gasteiger partial charge in [-0.15, -0.1) is 0 Å². The summed E-state index contributed by atoms with van der Waals surface area (Å²) in [6, 6.07) is 7.50. The van der Waals surface area contributed by atoms with Gasteiger partial charge in [0.2, 0.25) is 11.7 Å². The van der Waals surface area contributed by atoms with Crippen LogP contribution in [-0.2, 0) is 6.42 Å². The Morgan fingerprint density at radius 1 is 1.31 bits per heavy atom. The van der Waals surface area contributed by atoms with Gasteiger partial charge in [0.05, 0.1) is 4.92 Å². The maximum absolute atomic E-state index is 12.9. The van der Waals surface area contributed by atoms with Crippen molar-refractivity contribution < 1.29 is 13.8 Å². The molecule has 0 saturated carbocycles. The number of hydrogen-bond donors (Lipinski definition) is 1. The molecule has 0 saturated heterocycles. The van der Waals surface area contributed by atoms with Crippen LogP contribution in [-0.4, -0.2) is 26.6 Å². The highest BCUT2D eigenvalue weighted by atomic mass is 19.1. The first-order valence-electron chi connectivity index (χ1n) is 7.96. The Morgan fingerprint density at radius 3 is 2.77 bits per heavy atom.